The largest absolute Gasteiger partial charge is 0.500 e. The lowest BCUT2D eigenvalue weighted by Gasteiger charge is -2.17. The fourth-order valence-corrected chi connectivity index (χ4v) is 1.43. The average Bonchev–Trinajstić information content (AvgIpc) is 2.31. The van der Waals surface area contributed by atoms with Crippen molar-refractivity contribution in [2.24, 2.45) is 0 Å². The Balaban J connectivity index is 3.14. The van der Waals surface area contributed by atoms with E-state index in [1.54, 1.807) is 0 Å². The van der Waals surface area contributed by atoms with Crippen LogP contribution in [0.2, 0.25) is 0 Å². The van der Waals surface area contributed by atoms with E-state index in [4.69, 9.17) is 10.2 Å². The van der Waals surface area contributed by atoms with Gasteiger partial charge in [-0.05, 0) is 18.1 Å². The summed E-state index contributed by atoms with van der Waals surface area (Å²) in [4.78, 5) is 9.53. The van der Waals surface area contributed by atoms with Gasteiger partial charge in [0.25, 0.3) is 0 Å². The van der Waals surface area contributed by atoms with Crippen molar-refractivity contribution < 1.29 is 29.7 Å². The van der Waals surface area contributed by atoms with Crippen molar-refractivity contribution in [2.75, 3.05) is 6.61 Å². The number of hydrogen-bond donors (Lipinski definition) is 4. The van der Waals surface area contributed by atoms with Gasteiger partial charge in [0.1, 0.15) is 6.10 Å². The molecule has 2 atom stereocenters. The number of benzene rings is 1. The number of hydrogen-bond acceptors (Lipinski definition) is 6. The first-order valence-corrected chi connectivity index (χ1v) is 5.02. The molecular formula is C10H12FNO6. The fourth-order valence-electron chi connectivity index (χ4n) is 1.43. The van der Waals surface area contributed by atoms with E-state index < -0.39 is 41.0 Å². The molecule has 0 aromatic heterocycles. The summed E-state index contributed by atoms with van der Waals surface area (Å²) in [6.07, 6.45) is -3.15. The smallest absolute Gasteiger partial charge is 0.314 e. The van der Waals surface area contributed by atoms with Crippen molar-refractivity contribution in [3.8, 4) is 5.75 Å². The number of halogens is 1. The van der Waals surface area contributed by atoms with Gasteiger partial charge >= 0.3 is 5.69 Å². The molecule has 0 aliphatic carbocycles. The van der Waals surface area contributed by atoms with Gasteiger partial charge in [0.15, 0.2) is 5.82 Å². The van der Waals surface area contributed by atoms with E-state index >= 15 is 0 Å². The maximum Gasteiger partial charge on any atom is 0.314 e. The third kappa shape index (κ3) is 2.92. The number of nitrogens with zero attached hydrogens (tertiary/aromatic N) is 1. The second-order valence-corrected chi connectivity index (χ2v) is 3.65. The summed E-state index contributed by atoms with van der Waals surface area (Å²) in [6, 6.07) is 1.46. The topological polar surface area (TPSA) is 124 Å². The molecule has 0 aliphatic rings. The molecule has 0 aliphatic heterocycles. The van der Waals surface area contributed by atoms with Crippen LogP contribution in [0.3, 0.4) is 0 Å². The van der Waals surface area contributed by atoms with Crippen molar-refractivity contribution in [1.82, 2.24) is 0 Å². The van der Waals surface area contributed by atoms with Gasteiger partial charge in [-0.2, -0.15) is 0 Å². The number of phenols is 1. The van der Waals surface area contributed by atoms with Gasteiger partial charge in [0.2, 0.25) is 5.75 Å². The molecule has 18 heavy (non-hydrogen) atoms. The summed E-state index contributed by atoms with van der Waals surface area (Å²) in [6.45, 7) is -0.402. The van der Waals surface area contributed by atoms with Crippen molar-refractivity contribution >= 4 is 5.69 Å². The molecular weight excluding hydrogens is 249 g/mol. The number of aliphatic hydroxyl groups excluding tert-OH is 3. The van der Waals surface area contributed by atoms with Crippen LogP contribution in [0, 0.1) is 15.9 Å². The monoisotopic (exact) mass is 261 g/mol. The molecule has 1 aromatic rings. The van der Waals surface area contributed by atoms with E-state index in [9.17, 15) is 24.7 Å². The van der Waals surface area contributed by atoms with Gasteiger partial charge in [0, 0.05) is 12.7 Å². The van der Waals surface area contributed by atoms with Crippen molar-refractivity contribution in [2.45, 2.75) is 18.6 Å². The van der Waals surface area contributed by atoms with Crippen LogP contribution in [0.25, 0.3) is 0 Å². The highest BCUT2D eigenvalue weighted by Gasteiger charge is 2.25. The number of phenolic OH excluding ortho intramolecular Hbond substituents is 1. The van der Waals surface area contributed by atoms with Crippen molar-refractivity contribution in [1.29, 1.82) is 0 Å². The SMILES string of the molecule is O=[N+]([O-])c1cc(C(O)C(O)CCO)cc(F)c1O. The highest BCUT2D eigenvalue weighted by molar-refractivity contribution is 5.49. The molecule has 0 radical (unpaired) electrons. The summed E-state index contributed by atoms with van der Waals surface area (Å²) in [5.74, 6) is -2.40. The van der Waals surface area contributed by atoms with Gasteiger partial charge in [-0.1, -0.05) is 0 Å². The molecule has 1 aromatic carbocycles. The minimum atomic E-state index is -1.59. The molecule has 7 nitrogen and oxygen atoms in total. The molecule has 0 amide bonds. The minimum absolute atomic E-state index is 0.169. The Morgan fingerprint density at radius 3 is 2.50 bits per heavy atom. The molecule has 1 rings (SSSR count). The number of rotatable bonds is 5. The maximum atomic E-state index is 13.2. The Hall–Kier alpha value is -1.77. The maximum absolute atomic E-state index is 13.2. The standard InChI is InChI=1S/C10H12FNO6/c11-6-3-5(9(15)8(14)1-2-13)4-7(10(6)16)12(17)18/h3-4,8-9,13-16H,1-2H2. The van der Waals surface area contributed by atoms with E-state index in [0.29, 0.717) is 6.07 Å². The quantitative estimate of drug-likeness (QED) is 0.444. The Kier molecular flexibility index (Phi) is 4.54. The van der Waals surface area contributed by atoms with Gasteiger partial charge in [-0.25, -0.2) is 4.39 Å². The summed E-state index contributed by atoms with van der Waals surface area (Å²) in [7, 11) is 0. The van der Waals surface area contributed by atoms with E-state index in [1.165, 1.54) is 0 Å². The number of nitro benzene ring substituents is 1. The first kappa shape index (κ1) is 14.3. The Labute approximate surface area is 101 Å². The number of aliphatic hydroxyl groups is 3. The lowest BCUT2D eigenvalue weighted by Crippen LogP contribution is -2.19. The number of nitro groups is 1. The van der Waals surface area contributed by atoms with Crippen LogP contribution >= 0.6 is 0 Å². The third-order valence-electron chi connectivity index (χ3n) is 2.39. The Bertz CT molecular complexity index is 452. The van der Waals surface area contributed by atoms with E-state index in [1.807, 2.05) is 0 Å². The summed E-state index contributed by atoms with van der Waals surface area (Å²) < 4.78 is 13.2. The molecule has 8 heteroatoms. The zero-order valence-electron chi connectivity index (χ0n) is 9.15. The molecule has 0 fully saturated rings. The molecule has 2 unspecified atom stereocenters. The van der Waals surface area contributed by atoms with Crippen molar-refractivity contribution in [3.63, 3.8) is 0 Å². The molecule has 4 N–H and O–H groups in total. The second-order valence-electron chi connectivity index (χ2n) is 3.65. The summed E-state index contributed by atoms with van der Waals surface area (Å²) in [5.41, 5.74) is -1.15. The molecule has 0 saturated heterocycles. The van der Waals surface area contributed by atoms with Crippen LogP contribution in [0.4, 0.5) is 10.1 Å². The summed E-state index contributed by atoms with van der Waals surface area (Å²) >= 11 is 0. The summed E-state index contributed by atoms with van der Waals surface area (Å²) in [5, 5.41) is 47.2. The average molecular weight is 261 g/mol. The van der Waals surface area contributed by atoms with Crippen LogP contribution in [0.5, 0.6) is 5.75 Å². The normalized spacial score (nSPS) is 14.2. The molecule has 100 valence electrons. The van der Waals surface area contributed by atoms with E-state index in [-0.39, 0.29) is 12.0 Å². The molecule has 0 saturated carbocycles. The lowest BCUT2D eigenvalue weighted by molar-refractivity contribution is -0.386. The Morgan fingerprint density at radius 1 is 1.39 bits per heavy atom. The third-order valence-corrected chi connectivity index (χ3v) is 2.39. The fraction of sp³-hybridized carbons (Fsp3) is 0.400. The molecule has 0 spiro atoms. The van der Waals surface area contributed by atoms with Crippen LogP contribution < -0.4 is 0 Å². The van der Waals surface area contributed by atoms with Gasteiger partial charge in [0.05, 0.1) is 11.0 Å². The predicted molar refractivity (Wildman–Crippen MR) is 57.4 cm³/mol. The van der Waals surface area contributed by atoms with E-state index in [0.717, 1.165) is 6.07 Å². The molecule has 0 bridgehead atoms. The highest BCUT2D eigenvalue weighted by atomic mass is 19.1. The lowest BCUT2D eigenvalue weighted by atomic mass is 10.0. The predicted octanol–water partition coefficient (Wildman–Crippen LogP) is 0.216. The molecule has 0 heterocycles. The van der Waals surface area contributed by atoms with Crippen LogP contribution in [0.15, 0.2) is 12.1 Å². The van der Waals surface area contributed by atoms with Crippen LogP contribution in [-0.2, 0) is 0 Å². The van der Waals surface area contributed by atoms with Gasteiger partial charge < -0.3 is 20.4 Å². The zero-order chi connectivity index (χ0) is 13.9. The highest BCUT2D eigenvalue weighted by Crippen LogP contribution is 2.33. The van der Waals surface area contributed by atoms with Crippen LogP contribution in [0.1, 0.15) is 18.1 Å². The first-order valence-electron chi connectivity index (χ1n) is 5.02. The second kappa shape index (κ2) is 5.71. The zero-order valence-corrected chi connectivity index (χ0v) is 9.15. The first-order chi connectivity index (χ1) is 8.38. The van der Waals surface area contributed by atoms with Gasteiger partial charge in [-0.15, -0.1) is 0 Å². The van der Waals surface area contributed by atoms with Crippen molar-refractivity contribution in [3.05, 3.63) is 33.6 Å². The van der Waals surface area contributed by atoms with Gasteiger partial charge in [-0.3, -0.25) is 10.1 Å². The Morgan fingerprint density at radius 2 is 2.00 bits per heavy atom. The van der Waals surface area contributed by atoms with Crippen LogP contribution in [-0.4, -0.2) is 38.1 Å². The number of aromatic hydroxyl groups is 1. The van der Waals surface area contributed by atoms with E-state index in [2.05, 4.69) is 0 Å². The minimum Gasteiger partial charge on any atom is -0.500 e.